The Hall–Kier alpha value is -4.30. The fraction of sp³-hybridized carbons (Fsp3) is 0.154. The zero-order valence-corrected chi connectivity index (χ0v) is 18.7. The number of aromatic hydroxyl groups is 1. The van der Waals surface area contributed by atoms with Gasteiger partial charge in [0, 0.05) is 18.4 Å². The molecule has 0 unspecified atom stereocenters. The smallest absolute Gasteiger partial charge is 0.412 e. The van der Waals surface area contributed by atoms with Crippen LogP contribution in [0.1, 0.15) is 18.6 Å². The molecule has 3 rings (SSSR count). The normalized spacial score (nSPS) is 12.6. The molecule has 0 heterocycles. The summed E-state index contributed by atoms with van der Waals surface area (Å²) in [6, 6.07) is 22.0. The molecule has 34 heavy (non-hydrogen) atoms. The Balaban J connectivity index is 1.80. The van der Waals surface area contributed by atoms with Crippen molar-refractivity contribution in [3.05, 3.63) is 96.6 Å². The molecule has 176 valence electrons. The van der Waals surface area contributed by atoms with E-state index in [1.807, 2.05) is 6.07 Å². The van der Waals surface area contributed by atoms with Gasteiger partial charge in [0.25, 0.3) is 0 Å². The zero-order chi connectivity index (χ0) is 24.3. The number of benzene rings is 3. The van der Waals surface area contributed by atoms with E-state index in [1.165, 1.54) is 24.3 Å². The Morgan fingerprint density at radius 1 is 0.971 bits per heavy atom. The van der Waals surface area contributed by atoms with Crippen LogP contribution < -0.4 is 16.4 Å². The molecule has 5 N–H and O–H groups in total. The van der Waals surface area contributed by atoms with Crippen molar-refractivity contribution in [1.82, 2.24) is 0 Å². The van der Waals surface area contributed by atoms with Crippen molar-refractivity contribution in [2.45, 2.75) is 19.1 Å². The van der Waals surface area contributed by atoms with E-state index >= 15 is 0 Å². The van der Waals surface area contributed by atoms with Gasteiger partial charge in [-0.1, -0.05) is 42.5 Å². The molecule has 3 aromatic rings. The van der Waals surface area contributed by atoms with Crippen molar-refractivity contribution in [3.8, 4) is 5.75 Å². The molecule has 0 fully saturated rings. The molecular formula is C26H27N3O5. The first-order valence-electron chi connectivity index (χ1n) is 10.7. The van der Waals surface area contributed by atoms with E-state index in [1.54, 1.807) is 67.6 Å². The van der Waals surface area contributed by atoms with E-state index in [0.717, 1.165) is 0 Å². The van der Waals surface area contributed by atoms with E-state index in [0.29, 0.717) is 29.2 Å². The number of anilines is 3. The highest BCUT2D eigenvalue weighted by molar-refractivity contribution is 6.01. The van der Waals surface area contributed by atoms with Crippen LogP contribution in [-0.2, 0) is 14.3 Å². The van der Waals surface area contributed by atoms with Crippen molar-refractivity contribution < 1.29 is 24.2 Å². The molecule has 0 spiro atoms. The minimum absolute atomic E-state index is 0.0690. The number of nitrogen functional groups attached to an aromatic ring is 1. The lowest BCUT2D eigenvalue weighted by atomic mass is 10.0. The number of phenols is 1. The van der Waals surface area contributed by atoms with Crippen molar-refractivity contribution >= 4 is 29.1 Å². The minimum Gasteiger partial charge on any atom is -0.508 e. The average molecular weight is 462 g/mol. The van der Waals surface area contributed by atoms with Crippen LogP contribution in [0, 0.1) is 0 Å². The van der Waals surface area contributed by atoms with Gasteiger partial charge < -0.3 is 25.6 Å². The van der Waals surface area contributed by atoms with Gasteiger partial charge in [0.15, 0.2) is 6.10 Å². The maximum Gasteiger partial charge on any atom is 0.412 e. The lowest BCUT2D eigenvalue weighted by molar-refractivity contribution is -0.112. The third kappa shape index (κ3) is 7.11. The number of ether oxygens (including phenoxy) is 2. The van der Waals surface area contributed by atoms with Crippen LogP contribution in [0.5, 0.6) is 5.75 Å². The summed E-state index contributed by atoms with van der Waals surface area (Å²) >= 11 is 0. The SMILES string of the molecule is CCO[C@H](/C=C/C(=O)Nc1ccccc1N)[C@H](OC(=O)Nc1ccccc1)c1ccc(O)cc1. The third-order valence-corrected chi connectivity index (χ3v) is 4.79. The number of para-hydroxylation sites is 3. The Bertz CT molecular complexity index is 1120. The summed E-state index contributed by atoms with van der Waals surface area (Å²) in [5, 5.41) is 15.0. The van der Waals surface area contributed by atoms with Crippen molar-refractivity contribution in [3.63, 3.8) is 0 Å². The quantitative estimate of drug-likeness (QED) is 0.266. The number of hydrogen-bond acceptors (Lipinski definition) is 6. The minimum atomic E-state index is -0.893. The van der Waals surface area contributed by atoms with Crippen molar-refractivity contribution in [2.24, 2.45) is 0 Å². The molecule has 8 heteroatoms. The highest BCUT2D eigenvalue weighted by atomic mass is 16.6. The molecule has 3 aromatic carbocycles. The summed E-state index contributed by atoms with van der Waals surface area (Å²) in [7, 11) is 0. The van der Waals surface area contributed by atoms with Gasteiger partial charge in [-0.2, -0.15) is 0 Å². The molecule has 2 amide bonds. The lowest BCUT2D eigenvalue weighted by Crippen LogP contribution is -2.28. The molecule has 0 aliphatic heterocycles. The summed E-state index contributed by atoms with van der Waals surface area (Å²) in [5.74, 6) is -0.347. The molecule has 0 aromatic heterocycles. The maximum atomic E-state index is 12.6. The molecule has 0 aliphatic carbocycles. The molecule has 0 saturated carbocycles. The Morgan fingerprint density at radius 2 is 1.65 bits per heavy atom. The van der Waals surface area contributed by atoms with E-state index in [9.17, 15) is 14.7 Å². The summed E-state index contributed by atoms with van der Waals surface area (Å²) in [6.07, 6.45) is 0.457. The standard InChI is InChI=1S/C26H27N3O5/c1-2-33-23(16-17-24(31)29-22-11-7-6-10-21(22)27)25(18-12-14-20(30)15-13-18)34-26(32)28-19-8-4-3-5-9-19/h3-17,23,25,30H,2,27H2,1H3,(H,28,32)(H,29,31)/b17-16+/t23-,25-/m1/s1. The van der Waals surface area contributed by atoms with Crippen LogP contribution >= 0.6 is 0 Å². The van der Waals surface area contributed by atoms with Crippen LogP contribution in [0.25, 0.3) is 0 Å². The molecular weight excluding hydrogens is 434 g/mol. The monoisotopic (exact) mass is 461 g/mol. The number of rotatable bonds is 9. The number of phenolic OH excluding ortho intramolecular Hbond substituents is 1. The molecule has 0 aliphatic rings. The number of hydrogen-bond donors (Lipinski definition) is 4. The Kier molecular flexibility index (Phi) is 8.65. The van der Waals surface area contributed by atoms with Gasteiger partial charge in [0.1, 0.15) is 11.9 Å². The first-order chi connectivity index (χ1) is 16.5. The van der Waals surface area contributed by atoms with Crippen LogP contribution in [-0.4, -0.2) is 29.8 Å². The van der Waals surface area contributed by atoms with Crippen LogP contribution in [0.4, 0.5) is 21.9 Å². The van der Waals surface area contributed by atoms with Gasteiger partial charge in [-0.15, -0.1) is 0 Å². The predicted octanol–water partition coefficient (Wildman–Crippen LogP) is 4.86. The third-order valence-electron chi connectivity index (χ3n) is 4.79. The summed E-state index contributed by atoms with van der Waals surface area (Å²) in [6.45, 7) is 2.10. The summed E-state index contributed by atoms with van der Waals surface area (Å²) < 4.78 is 11.5. The van der Waals surface area contributed by atoms with E-state index < -0.39 is 24.2 Å². The van der Waals surface area contributed by atoms with Crippen LogP contribution in [0.2, 0.25) is 0 Å². The number of nitrogens with one attached hydrogen (secondary N) is 2. The van der Waals surface area contributed by atoms with Crippen molar-refractivity contribution in [1.29, 1.82) is 0 Å². The van der Waals surface area contributed by atoms with Crippen LogP contribution in [0.3, 0.4) is 0 Å². The van der Waals surface area contributed by atoms with Crippen LogP contribution in [0.15, 0.2) is 91.0 Å². The van der Waals surface area contributed by atoms with Gasteiger partial charge in [0.2, 0.25) is 5.91 Å². The maximum absolute atomic E-state index is 12.6. The van der Waals surface area contributed by atoms with Gasteiger partial charge >= 0.3 is 6.09 Å². The zero-order valence-electron chi connectivity index (χ0n) is 18.7. The number of carbonyl (C=O) groups excluding carboxylic acids is 2. The van der Waals surface area contributed by atoms with E-state index in [-0.39, 0.29) is 5.75 Å². The average Bonchev–Trinajstić information content (AvgIpc) is 2.83. The molecule has 8 nitrogen and oxygen atoms in total. The second-order valence-corrected chi connectivity index (χ2v) is 7.26. The first-order valence-corrected chi connectivity index (χ1v) is 10.7. The fourth-order valence-electron chi connectivity index (χ4n) is 3.18. The second kappa shape index (κ2) is 12.1. The Morgan fingerprint density at radius 3 is 2.32 bits per heavy atom. The lowest BCUT2D eigenvalue weighted by Gasteiger charge is -2.25. The molecule has 0 radical (unpaired) electrons. The van der Waals surface area contributed by atoms with E-state index in [2.05, 4.69) is 10.6 Å². The molecule has 0 bridgehead atoms. The summed E-state index contributed by atoms with van der Waals surface area (Å²) in [4.78, 5) is 25.1. The Labute approximate surface area is 198 Å². The summed E-state index contributed by atoms with van der Waals surface area (Å²) in [5.41, 5.74) is 7.95. The van der Waals surface area contributed by atoms with E-state index in [4.69, 9.17) is 15.2 Å². The molecule has 2 atom stereocenters. The predicted molar refractivity (Wildman–Crippen MR) is 131 cm³/mol. The number of amides is 2. The number of carbonyl (C=O) groups is 2. The molecule has 0 saturated heterocycles. The number of nitrogens with two attached hydrogens (primary N) is 1. The highest BCUT2D eigenvalue weighted by Crippen LogP contribution is 2.27. The van der Waals surface area contributed by atoms with Gasteiger partial charge in [-0.25, -0.2) is 4.79 Å². The van der Waals surface area contributed by atoms with Gasteiger partial charge in [-0.3, -0.25) is 10.1 Å². The van der Waals surface area contributed by atoms with Crippen molar-refractivity contribution in [2.75, 3.05) is 23.0 Å². The van der Waals surface area contributed by atoms with Gasteiger partial charge in [0.05, 0.1) is 11.4 Å². The van der Waals surface area contributed by atoms with Gasteiger partial charge in [-0.05, 0) is 55.0 Å². The topological polar surface area (TPSA) is 123 Å². The second-order valence-electron chi connectivity index (χ2n) is 7.26. The fourth-order valence-corrected chi connectivity index (χ4v) is 3.18. The largest absolute Gasteiger partial charge is 0.508 e. The highest BCUT2D eigenvalue weighted by Gasteiger charge is 2.26. The first kappa shape index (κ1) is 24.3.